The first-order valence-electron chi connectivity index (χ1n) is 22.4. The number of amides is 1. The van der Waals surface area contributed by atoms with Crippen molar-refractivity contribution in [1.29, 1.82) is 0 Å². The third-order valence-electron chi connectivity index (χ3n) is 13.7. The zero-order chi connectivity index (χ0) is 45.8. The van der Waals surface area contributed by atoms with Crippen molar-refractivity contribution in [3.8, 4) is 0 Å². The second-order valence-electron chi connectivity index (χ2n) is 19.2. The molecule has 1 amide bonds. The molecule has 4 aliphatic heterocycles. The van der Waals surface area contributed by atoms with Crippen LogP contribution in [0.3, 0.4) is 0 Å². The van der Waals surface area contributed by atoms with Gasteiger partial charge in [-0.3, -0.25) is 9.69 Å². The van der Waals surface area contributed by atoms with Gasteiger partial charge in [-0.1, -0.05) is 34.1 Å². The molecule has 4 heterocycles. The second kappa shape index (κ2) is 21.1. The largest absolute Gasteiger partial charge is 0.509 e. The Morgan fingerprint density at radius 3 is 2.26 bits per heavy atom. The van der Waals surface area contributed by atoms with E-state index >= 15 is 0 Å². The van der Waals surface area contributed by atoms with Crippen LogP contribution in [0.1, 0.15) is 115 Å². The van der Waals surface area contributed by atoms with E-state index in [-0.39, 0.29) is 36.9 Å². The number of carbonyl (C=O) groups excluding carboxylic acids is 3. The van der Waals surface area contributed by atoms with Crippen LogP contribution < -0.4 is 5.32 Å². The fourth-order valence-corrected chi connectivity index (χ4v) is 10.1. The van der Waals surface area contributed by atoms with E-state index in [4.69, 9.17) is 42.6 Å². The van der Waals surface area contributed by atoms with E-state index in [1.165, 1.54) is 7.11 Å². The van der Waals surface area contributed by atoms with Gasteiger partial charge in [-0.05, 0) is 101 Å². The number of unbranched alkanes of at least 4 members (excludes halogenated alkanes) is 1. The summed E-state index contributed by atoms with van der Waals surface area (Å²) in [7, 11) is 7.22. The molecule has 17 nitrogen and oxygen atoms in total. The van der Waals surface area contributed by atoms with E-state index in [9.17, 15) is 24.6 Å². The number of hydrogen-bond donors (Lipinski definition) is 3. The second-order valence-corrected chi connectivity index (χ2v) is 19.2. The Labute approximate surface area is 364 Å². The molecule has 18 atom stereocenters. The molecule has 4 rings (SSSR count). The monoisotopic (exact) mass is 874 g/mol. The Hall–Kier alpha value is -2.35. The average Bonchev–Trinajstić information content (AvgIpc) is 3.49. The number of rotatable bonds is 11. The highest BCUT2D eigenvalue weighted by Gasteiger charge is 2.58. The number of aliphatic hydroxyl groups is 2. The molecule has 61 heavy (non-hydrogen) atoms. The van der Waals surface area contributed by atoms with Crippen LogP contribution in [0.5, 0.6) is 0 Å². The number of carbonyl (C=O) groups is 3. The molecule has 0 radical (unpaired) electrons. The van der Waals surface area contributed by atoms with Gasteiger partial charge >= 0.3 is 18.2 Å². The van der Waals surface area contributed by atoms with Gasteiger partial charge in [0.1, 0.15) is 17.8 Å². The minimum atomic E-state index is -1.58. The van der Waals surface area contributed by atoms with E-state index in [1.54, 1.807) is 27.7 Å². The number of nitrogens with zero attached hydrogens (tertiary/aromatic N) is 2. The number of likely N-dealkylation sites (N-methyl/N-ethyl adjacent to an activating group) is 2. The number of hydrogen-bond acceptors (Lipinski definition) is 16. The highest BCUT2D eigenvalue weighted by molar-refractivity contribution is 5.73. The molecule has 0 aromatic carbocycles. The molecule has 0 spiro atoms. The molecule has 17 heteroatoms. The predicted molar refractivity (Wildman–Crippen MR) is 224 cm³/mol. The number of fused-ring (bicyclic) bond motifs is 1. The van der Waals surface area contributed by atoms with E-state index in [1.807, 2.05) is 79.4 Å². The summed E-state index contributed by atoms with van der Waals surface area (Å²) in [6.07, 6.45) is -7.29. The summed E-state index contributed by atoms with van der Waals surface area (Å²) in [4.78, 5) is 44.3. The molecule has 4 fully saturated rings. The molecule has 0 saturated carbocycles. The lowest BCUT2D eigenvalue weighted by molar-refractivity contribution is -0.317. The minimum absolute atomic E-state index is 0.103. The van der Waals surface area contributed by atoms with Crippen molar-refractivity contribution in [3.05, 3.63) is 0 Å². The van der Waals surface area contributed by atoms with Crippen molar-refractivity contribution in [3.63, 3.8) is 0 Å². The van der Waals surface area contributed by atoms with Crippen molar-refractivity contribution in [2.45, 2.75) is 205 Å². The van der Waals surface area contributed by atoms with Crippen LogP contribution in [0.2, 0.25) is 0 Å². The summed E-state index contributed by atoms with van der Waals surface area (Å²) in [5.74, 6) is -2.59. The summed E-state index contributed by atoms with van der Waals surface area (Å²) in [6, 6.07) is -0.658. The quantitative estimate of drug-likeness (QED) is 0.148. The molecule has 354 valence electrons. The molecule has 0 bridgehead atoms. The van der Waals surface area contributed by atoms with Gasteiger partial charge < -0.3 is 63.1 Å². The predicted octanol–water partition coefficient (Wildman–Crippen LogP) is 4.62. The molecular formula is C44H79N3O14. The van der Waals surface area contributed by atoms with Crippen molar-refractivity contribution in [2.24, 2.45) is 17.8 Å². The molecular weight excluding hydrogens is 794 g/mol. The summed E-state index contributed by atoms with van der Waals surface area (Å²) < 4.78 is 56.3. The molecule has 4 saturated heterocycles. The Morgan fingerprint density at radius 2 is 1.66 bits per heavy atom. The molecule has 0 aromatic heterocycles. The van der Waals surface area contributed by atoms with Crippen LogP contribution in [-0.4, -0.2) is 170 Å². The molecule has 4 aliphatic rings. The van der Waals surface area contributed by atoms with E-state index < -0.39 is 102 Å². The standard InChI is InChI=1S/C44H79N3O14/c1-16-18-19-45-40(50)59-37-29(8)55-32(22-43(37,10)53-15)57-34-26(5)35(58-39-33(48)30(46(12)13)20-25(4)54-39)42(9,52)21-24(3)23-47(14)28(7)36-44(11,61-41(51)60-36)31(17-2)56-38(49)27(34)6/h24-37,39,48,52H,16-23H2,1-15H3,(H,45,50)/t24-,25-,26+,27-,28-,29+,30+,31-,32+,33-,34+,35-,36-,37+,39+,42+,43-,44-/m1/s1. The third-order valence-corrected chi connectivity index (χ3v) is 13.7. The molecule has 3 N–H and O–H groups in total. The van der Waals surface area contributed by atoms with Crippen molar-refractivity contribution < 1.29 is 67.2 Å². The van der Waals surface area contributed by atoms with Crippen LogP contribution >= 0.6 is 0 Å². The van der Waals surface area contributed by atoms with Gasteiger partial charge in [-0.25, -0.2) is 9.59 Å². The van der Waals surface area contributed by atoms with Crippen molar-refractivity contribution in [2.75, 3.05) is 41.3 Å². The summed E-state index contributed by atoms with van der Waals surface area (Å²) in [5.41, 5.74) is -3.98. The van der Waals surface area contributed by atoms with Crippen LogP contribution in [0, 0.1) is 17.8 Å². The summed E-state index contributed by atoms with van der Waals surface area (Å²) in [6.45, 7) is 21.2. The van der Waals surface area contributed by atoms with Crippen LogP contribution in [0.15, 0.2) is 0 Å². The Kier molecular flexibility index (Phi) is 17.7. The zero-order valence-electron chi connectivity index (χ0n) is 39.5. The molecule has 0 unspecified atom stereocenters. The van der Waals surface area contributed by atoms with Crippen molar-refractivity contribution in [1.82, 2.24) is 15.1 Å². The number of cyclic esters (lactones) is 1. The lowest BCUT2D eigenvalue weighted by Gasteiger charge is -2.49. The Morgan fingerprint density at radius 1 is 0.984 bits per heavy atom. The highest BCUT2D eigenvalue weighted by atomic mass is 16.8. The number of methoxy groups -OCH3 is 1. The minimum Gasteiger partial charge on any atom is -0.458 e. The van der Waals surface area contributed by atoms with E-state index in [2.05, 4.69) is 5.32 Å². The van der Waals surface area contributed by atoms with Gasteiger partial charge in [0.05, 0.1) is 35.9 Å². The number of nitrogens with one attached hydrogen (secondary N) is 1. The van der Waals surface area contributed by atoms with Crippen LogP contribution in [-0.2, 0) is 47.4 Å². The maximum Gasteiger partial charge on any atom is 0.509 e. The van der Waals surface area contributed by atoms with Crippen LogP contribution in [0.4, 0.5) is 9.59 Å². The fraction of sp³-hybridized carbons (Fsp3) is 0.932. The Bertz CT molecular complexity index is 1460. The first-order chi connectivity index (χ1) is 28.4. The zero-order valence-corrected chi connectivity index (χ0v) is 39.5. The first-order valence-corrected chi connectivity index (χ1v) is 22.4. The number of aliphatic hydroxyl groups excluding tert-OH is 1. The van der Waals surface area contributed by atoms with Gasteiger partial charge in [-0.15, -0.1) is 0 Å². The maximum atomic E-state index is 14.6. The third kappa shape index (κ3) is 11.9. The molecule has 0 aliphatic carbocycles. The van der Waals surface area contributed by atoms with E-state index in [0.29, 0.717) is 25.9 Å². The smallest absolute Gasteiger partial charge is 0.458 e. The van der Waals surface area contributed by atoms with E-state index in [0.717, 1.165) is 12.8 Å². The maximum absolute atomic E-state index is 14.6. The topological polar surface area (TPSA) is 193 Å². The van der Waals surface area contributed by atoms with Crippen molar-refractivity contribution >= 4 is 18.2 Å². The van der Waals surface area contributed by atoms with Crippen LogP contribution in [0.25, 0.3) is 0 Å². The normalized spacial score (nSPS) is 44.5. The highest BCUT2D eigenvalue weighted by Crippen LogP contribution is 2.42. The SMILES string of the molecule is CCCCNC(=O)O[C@H]1[C@H](C)O[C@@H](O[C@H]2[C@H](C)[C@@H](O[C@@H]3O[C@H](C)C[C@H](N(C)C)[C@H]3O)[C@@](C)(O)C[C@@H](C)CN(C)[C@H](C)[C@H]3OC(=O)O[C@]3(C)[C@@H](CC)OC(=O)[C@@H]2C)C[C@@]1(C)OC. The lowest BCUT2D eigenvalue weighted by Crippen LogP contribution is -2.61. The first kappa shape index (κ1) is 51.3. The summed E-state index contributed by atoms with van der Waals surface area (Å²) >= 11 is 0. The Balaban J connectivity index is 1.80. The summed E-state index contributed by atoms with van der Waals surface area (Å²) in [5, 5.41) is 27.2. The average molecular weight is 874 g/mol. The van der Waals surface area contributed by atoms with Gasteiger partial charge in [0.2, 0.25) is 0 Å². The molecule has 0 aromatic rings. The van der Waals surface area contributed by atoms with Gasteiger partial charge in [0.25, 0.3) is 0 Å². The van der Waals surface area contributed by atoms with Gasteiger partial charge in [0.15, 0.2) is 30.4 Å². The lowest BCUT2D eigenvalue weighted by atomic mass is 9.77. The number of esters is 1. The number of alkyl carbamates (subject to hydrolysis) is 1. The van der Waals surface area contributed by atoms with Gasteiger partial charge in [0, 0.05) is 44.6 Å². The fourth-order valence-electron chi connectivity index (χ4n) is 10.1. The van der Waals surface area contributed by atoms with Gasteiger partial charge in [-0.2, -0.15) is 0 Å². The number of ether oxygens (including phenoxy) is 9.